The molecule has 2 fully saturated rings. The third-order valence-corrected chi connectivity index (χ3v) is 7.95. The third kappa shape index (κ3) is 3.37. The number of aliphatic hydroxyl groups excluding tert-OH is 1. The maximum absolute atomic E-state index is 13.7. The van der Waals surface area contributed by atoms with Crippen LogP contribution in [0.3, 0.4) is 0 Å². The van der Waals surface area contributed by atoms with Gasteiger partial charge in [-0.1, -0.05) is 37.0 Å². The molecule has 37 heavy (non-hydrogen) atoms. The molecule has 2 aromatic rings. The van der Waals surface area contributed by atoms with Gasteiger partial charge in [0.05, 0.1) is 17.6 Å². The molecule has 9 nitrogen and oxygen atoms in total. The number of ketones is 4. The first-order valence-corrected chi connectivity index (χ1v) is 11.8. The van der Waals surface area contributed by atoms with E-state index in [1.807, 2.05) is 18.2 Å². The molecule has 5 N–H and O–H groups in total. The molecule has 0 saturated heterocycles. The lowest BCUT2D eigenvalue weighted by Crippen LogP contribution is -2.72. The van der Waals surface area contributed by atoms with Gasteiger partial charge < -0.3 is 21.1 Å². The van der Waals surface area contributed by atoms with Crippen molar-refractivity contribution in [2.24, 2.45) is 29.4 Å². The number of hydrogen-bond donors (Lipinski definition) is 4. The number of phenolic OH excluding ortho intramolecular Hbond substituents is 1. The van der Waals surface area contributed by atoms with Crippen molar-refractivity contribution < 1.29 is 39.3 Å². The number of aromatic hydroxyl groups is 1. The normalized spacial score (nSPS) is 32.5. The van der Waals surface area contributed by atoms with Crippen LogP contribution < -0.4 is 5.73 Å². The van der Waals surface area contributed by atoms with Crippen molar-refractivity contribution in [3.05, 3.63) is 64.7 Å². The van der Waals surface area contributed by atoms with Crippen molar-refractivity contribution in [1.29, 1.82) is 0 Å². The van der Waals surface area contributed by atoms with Crippen LogP contribution in [0.2, 0.25) is 0 Å². The number of aliphatic hydroxyl groups is 2. The molecule has 9 heteroatoms. The highest BCUT2D eigenvalue weighted by molar-refractivity contribution is 6.31. The Bertz CT molecular complexity index is 1450. The number of hydrogen-bond acceptors (Lipinski definition) is 8. The average Bonchev–Trinajstić information content (AvgIpc) is 2.86. The lowest BCUT2D eigenvalue weighted by Gasteiger charge is -2.52. The molecule has 3 aliphatic carbocycles. The van der Waals surface area contributed by atoms with Crippen LogP contribution in [0.4, 0.5) is 0 Å². The van der Waals surface area contributed by atoms with E-state index in [9.17, 15) is 39.3 Å². The van der Waals surface area contributed by atoms with E-state index in [1.165, 1.54) is 12.1 Å². The summed E-state index contributed by atoms with van der Waals surface area (Å²) < 4.78 is 0. The topological polar surface area (TPSA) is 172 Å². The Kier molecular flexibility index (Phi) is 5.62. The monoisotopic (exact) mass is 501 g/mol. The predicted octanol–water partition coefficient (Wildman–Crippen LogP) is 0.258. The quantitative estimate of drug-likeness (QED) is 0.318. The second-order valence-electron chi connectivity index (χ2n) is 9.84. The lowest BCUT2D eigenvalue weighted by molar-refractivity contribution is -0.189. The summed E-state index contributed by atoms with van der Waals surface area (Å²) in [5.41, 5.74) is 3.50. The Morgan fingerprint density at radius 2 is 1.70 bits per heavy atom. The molecule has 0 bridgehead atoms. The zero-order valence-electron chi connectivity index (χ0n) is 19.7. The highest BCUT2D eigenvalue weighted by atomic mass is 16.3. The van der Waals surface area contributed by atoms with Gasteiger partial charge in [0.2, 0.25) is 5.91 Å². The van der Waals surface area contributed by atoms with E-state index in [0.717, 1.165) is 0 Å². The summed E-state index contributed by atoms with van der Waals surface area (Å²) in [6.07, 6.45) is -2.26. The summed E-state index contributed by atoms with van der Waals surface area (Å²) in [7, 11) is 0. The van der Waals surface area contributed by atoms with Crippen LogP contribution in [0.5, 0.6) is 5.75 Å². The lowest BCUT2D eigenvalue weighted by atomic mass is 9.50. The molecule has 0 aromatic heterocycles. The first-order valence-electron chi connectivity index (χ1n) is 11.8. The molecule has 188 valence electrons. The zero-order valence-corrected chi connectivity index (χ0v) is 19.7. The molecule has 0 heterocycles. The van der Waals surface area contributed by atoms with Crippen molar-refractivity contribution in [3.63, 3.8) is 0 Å². The summed E-state index contributed by atoms with van der Waals surface area (Å²) in [6.45, 7) is 1.65. The molecule has 0 spiro atoms. The third-order valence-electron chi connectivity index (χ3n) is 7.95. The summed E-state index contributed by atoms with van der Waals surface area (Å²) in [5.74, 6) is -7.29. The fourth-order valence-electron chi connectivity index (χ4n) is 6.20. The number of nitrogens with two attached hydrogens (primary N) is 1. The average molecular weight is 501 g/mol. The van der Waals surface area contributed by atoms with E-state index in [0.29, 0.717) is 16.7 Å². The largest absolute Gasteiger partial charge is 0.507 e. The van der Waals surface area contributed by atoms with E-state index in [-0.39, 0.29) is 5.56 Å². The van der Waals surface area contributed by atoms with Gasteiger partial charge in [0, 0.05) is 29.4 Å². The van der Waals surface area contributed by atoms with Crippen LogP contribution in [-0.2, 0) is 19.2 Å². The molecule has 2 saturated carbocycles. The van der Waals surface area contributed by atoms with E-state index in [1.54, 1.807) is 19.1 Å². The Labute approximate surface area is 211 Å². The molecule has 1 amide bonds. The van der Waals surface area contributed by atoms with E-state index >= 15 is 0 Å². The highest BCUT2D eigenvalue weighted by Crippen LogP contribution is 2.54. The van der Waals surface area contributed by atoms with Gasteiger partial charge in [-0.05, 0) is 35.7 Å². The maximum Gasteiger partial charge on any atom is 0.235 e. The SMILES string of the molecule is C[C@H]1c2c(C#Cc3ccccc3)ccc(O)c2C(=O)C2C(=O)[C@]3(O)C(=O)C(C(N)=O)C(=O)C[C@@H]3[C@@H](O)[C@@H]21. The van der Waals surface area contributed by atoms with E-state index in [4.69, 9.17) is 5.73 Å². The Hall–Kier alpha value is -4.13. The molecule has 3 aliphatic rings. The van der Waals surface area contributed by atoms with Crippen LogP contribution >= 0.6 is 0 Å². The van der Waals surface area contributed by atoms with E-state index in [2.05, 4.69) is 11.8 Å². The summed E-state index contributed by atoms with van der Waals surface area (Å²) >= 11 is 0. The number of benzene rings is 2. The van der Waals surface area contributed by atoms with Crippen molar-refractivity contribution >= 4 is 29.0 Å². The number of primary amides is 1. The van der Waals surface area contributed by atoms with Crippen LogP contribution in [0.15, 0.2) is 42.5 Å². The summed E-state index contributed by atoms with van der Waals surface area (Å²) in [4.78, 5) is 64.7. The van der Waals surface area contributed by atoms with Gasteiger partial charge in [0.1, 0.15) is 5.75 Å². The van der Waals surface area contributed by atoms with Crippen LogP contribution in [0, 0.1) is 35.5 Å². The number of phenols is 1. The number of rotatable bonds is 1. The highest BCUT2D eigenvalue weighted by Gasteiger charge is 2.70. The Balaban J connectivity index is 1.66. The minimum atomic E-state index is -2.94. The Morgan fingerprint density at radius 3 is 2.35 bits per heavy atom. The number of carbonyl (C=O) groups excluding carboxylic acids is 5. The molecular weight excluding hydrogens is 478 g/mol. The number of carbonyl (C=O) groups is 5. The number of fused-ring (bicyclic) bond motifs is 3. The molecule has 5 rings (SSSR count). The van der Waals surface area contributed by atoms with Gasteiger partial charge in [0.15, 0.2) is 34.7 Å². The molecule has 0 radical (unpaired) electrons. The second-order valence-corrected chi connectivity index (χ2v) is 9.84. The van der Waals surface area contributed by atoms with Gasteiger partial charge in [-0.2, -0.15) is 0 Å². The van der Waals surface area contributed by atoms with Crippen molar-refractivity contribution in [1.82, 2.24) is 0 Å². The smallest absolute Gasteiger partial charge is 0.235 e. The van der Waals surface area contributed by atoms with Gasteiger partial charge in [-0.3, -0.25) is 24.0 Å². The minimum absolute atomic E-state index is 0.179. The molecule has 2 aromatic carbocycles. The maximum atomic E-state index is 13.7. The molecule has 2 unspecified atom stereocenters. The molecule has 0 aliphatic heterocycles. The van der Waals surface area contributed by atoms with Gasteiger partial charge in [-0.15, -0.1) is 0 Å². The zero-order chi connectivity index (χ0) is 26.8. The summed E-state index contributed by atoms with van der Waals surface area (Å²) in [6, 6.07) is 11.9. The van der Waals surface area contributed by atoms with Gasteiger partial charge in [-0.25, -0.2) is 0 Å². The van der Waals surface area contributed by atoms with Gasteiger partial charge in [0.25, 0.3) is 0 Å². The predicted molar refractivity (Wildman–Crippen MR) is 127 cm³/mol. The first-order chi connectivity index (χ1) is 17.5. The van der Waals surface area contributed by atoms with Crippen molar-refractivity contribution in [3.8, 4) is 17.6 Å². The first kappa shape index (κ1) is 24.6. The molecular formula is C28H23NO8. The molecule has 7 atom stereocenters. The second kappa shape index (κ2) is 8.47. The van der Waals surface area contributed by atoms with Crippen LogP contribution in [0.25, 0.3) is 0 Å². The standard InChI is InChI=1S/C28H23NO8/c1-12-18-14(8-7-13-5-3-2-4-6-13)9-10-16(30)20(18)24(33)22-19(12)23(32)15-11-17(31)21(27(29)36)25(34)28(15,37)26(22)35/h2-6,9-10,12,15,19,21-23,30,32,37H,11H2,1H3,(H2,29,36)/t12-,15+,19+,21?,22?,23+,28+/m0/s1. The Morgan fingerprint density at radius 1 is 1.03 bits per heavy atom. The number of amides is 1. The van der Waals surface area contributed by atoms with Crippen molar-refractivity contribution in [2.75, 3.05) is 0 Å². The number of Topliss-reactive ketones (excluding diaryl/α,β-unsaturated/α-hetero) is 4. The fourth-order valence-corrected chi connectivity index (χ4v) is 6.20. The summed E-state index contributed by atoms with van der Waals surface area (Å²) in [5, 5.41) is 33.3. The van der Waals surface area contributed by atoms with Gasteiger partial charge >= 0.3 is 0 Å². The minimum Gasteiger partial charge on any atom is -0.507 e. The van der Waals surface area contributed by atoms with Crippen LogP contribution in [0.1, 0.15) is 46.3 Å². The van der Waals surface area contributed by atoms with Crippen molar-refractivity contribution in [2.45, 2.75) is 31.0 Å². The fraction of sp³-hybridized carbons (Fsp3) is 0.321. The van der Waals surface area contributed by atoms with Crippen LogP contribution in [-0.4, -0.2) is 56.1 Å². The van der Waals surface area contributed by atoms with E-state index < -0.39 is 82.5 Å².